The first-order valence-electron chi connectivity index (χ1n) is 5.60. The van der Waals surface area contributed by atoms with Crippen LogP contribution >= 0.6 is 0 Å². The Morgan fingerprint density at radius 1 is 1.44 bits per heavy atom. The maximum atomic E-state index is 10.9. The molecule has 0 saturated heterocycles. The van der Waals surface area contributed by atoms with Gasteiger partial charge in [-0.05, 0) is 25.0 Å². The van der Waals surface area contributed by atoms with E-state index in [-0.39, 0.29) is 11.4 Å². The highest BCUT2D eigenvalue weighted by Crippen LogP contribution is 2.38. The molecule has 7 nitrogen and oxygen atoms in total. The van der Waals surface area contributed by atoms with Crippen molar-refractivity contribution in [2.45, 2.75) is 18.9 Å². The molecule has 1 aromatic carbocycles. The highest BCUT2D eigenvalue weighted by atomic mass is 16.6. The zero-order chi connectivity index (χ0) is 12.7. The van der Waals surface area contributed by atoms with Gasteiger partial charge in [0, 0.05) is 17.7 Å². The van der Waals surface area contributed by atoms with Crippen LogP contribution in [-0.4, -0.2) is 19.7 Å². The van der Waals surface area contributed by atoms with E-state index in [1.807, 2.05) is 4.57 Å². The number of nitro benzene ring substituents is 1. The van der Waals surface area contributed by atoms with Crippen molar-refractivity contribution in [1.82, 2.24) is 14.8 Å². The minimum absolute atomic E-state index is 0.0992. The van der Waals surface area contributed by atoms with Crippen molar-refractivity contribution in [3.05, 3.63) is 34.6 Å². The van der Waals surface area contributed by atoms with Crippen LogP contribution in [0.2, 0.25) is 0 Å². The molecule has 0 aliphatic heterocycles. The van der Waals surface area contributed by atoms with Gasteiger partial charge in [-0.2, -0.15) is 0 Å². The van der Waals surface area contributed by atoms with E-state index < -0.39 is 4.92 Å². The van der Waals surface area contributed by atoms with E-state index >= 15 is 0 Å². The summed E-state index contributed by atoms with van der Waals surface area (Å²) in [6.45, 7) is 0. The summed E-state index contributed by atoms with van der Waals surface area (Å²) in [7, 11) is 0. The van der Waals surface area contributed by atoms with E-state index in [1.165, 1.54) is 12.1 Å². The highest BCUT2D eigenvalue weighted by Gasteiger charge is 2.27. The molecule has 1 fully saturated rings. The van der Waals surface area contributed by atoms with Gasteiger partial charge in [0.25, 0.3) is 5.69 Å². The molecular formula is C11H11N5O2. The van der Waals surface area contributed by atoms with E-state index in [9.17, 15) is 10.1 Å². The lowest BCUT2D eigenvalue weighted by Gasteiger charge is -2.05. The minimum Gasteiger partial charge on any atom is -0.393 e. The fraction of sp³-hybridized carbons (Fsp3) is 0.273. The van der Waals surface area contributed by atoms with Gasteiger partial charge in [-0.3, -0.25) is 10.1 Å². The second kappa shape index (κ2) is 3.80. The Labute approximate surface area is 102 Å². The fourth-order valence-corrected chi connectivity index (χ4v) is 1.91. The van der Waals surface area contributed by atoms with Crippen molar-refractivity contribution in [1.29, 1.82) is 0 Å². The van der Waals surface area contributed by atoms with Gasteiger partial charge in [0.2, 0.25) is 0 Å². The summed E-state index contributed by atoms with van der Waals surface area (Å²) in [5.74, 6) is 0.653. The molecule has 1 heterocycles. The number of hydrogen-bond donors (Lipinski definition) is 1. The van der Waals surface area contributed by atoms with E-state index in [1.54, 1.807) is 12.4 Å². The number of nitrogens with zero attached hydrogens (tertiary/aromatic N) is 4. The van der Waals surface area contributed by atoms with Gasteiger partial charge < -0.3 is 10.3 Å². The average molecular weight is 245 g/mol. The SMILES string of the molecule is Nc1ccc(-c2nncn2C2CC2)cc1[N+](=O)[O-]. The molecule has 1 aromatic heterocycles. The Morgan fingerprint density at radius 2 is 2.22 bits per heavy atom. The normalized spacial score (nSPS) is 14.7. The van der Waals surface area contributed by atoms with E-state index in [4.69, 9.17) is 5.73 Å². The quantitative estimate of drug-likeness (QED) is 0.504. The van der Waals surface area contributed by atoms with Crippen molar-refractivity contribution in [3.63, 3.8) is 0 Å². The van der Waals surface area contributed by atoms with Gasteiger partial charge in [0.1, 0.15) is 12.0 Å². The van der Waals surface area contributed by atoms with Gasteiger partial charge in [0.05, 0.1) is 4.92 Å². The van der Waals surface area contributed by atoms with Gasteiger partial charge in [-0.1, -0.05) is 0 Å². The molecule has 2 N–H and O–H groups in total. The Kier molecular flexibility index (Phi) is 2.26. The number of benzene rings is 1. The summed E-state index contributed by atoms with van der Waals surface area (Å²) >= 11 is 0. The summed E-state index contributed by atoms with van der Waals surface area (Å²) in [6.07, 6.45) is 3.86. The third-order valence-electron chi connectivity index (χ3n) is 3.00. The summed E-state index contributed by atoms with van der Waals surface area (Å²) in [4.78, 5) is 10.4. The molecule has 18 heavy (non-hydrogen) atoms. The molecule has 0 atom stereocenters. The van der Waals surface area contributed by atoms with Crippen LogP contribution in [0.25, 0.3) is 11.4 Å². The molecule has 0 radical (unpaired) electrons. The van der Waals surface area contributed by atoms with Crippen LogP contribution in [0.5, 0.6) is 0 Å². The van der Waals surface area contributed by atoms with Crippen molar-refractivity contribution >= 4 is 11.4 Å². The molecule has 92 valence electrons. The van der Waals surface area contributed by atoms with E-state index in [0.717, 1.165) is 12.8 Å². The Hall–Kier alpha value is -2.44. The lowest BCUT2D eigenvalue weighted by molar-refractivity contribution is -0.383. The number of anilines is 1. The first kappa shape index (κ1) is 10.7. The van der Waals surface area contributed by atoms with Crippen LogP contribution < -0.4 is 5.73 Å². The zero-order valence-electron chi connectivity index (χ0n) is 9.48. The lowest BCUT2D eigenvalue weighted by atomic mass is 10.1. The fourth-order valence-electron chi connectivity index (χ4n) is 1.91. The summed E-state index contributed by atoms with van der Waals surface area (Å²) in [6, 6.07) is 5.12. The third kappa shape index (κ3) is 1.69. The molecule has 0 amide bonds. The number of rotatable bonds is 3. The molecule has 0 unspecified atom stereocenters. The number of nitro groups is 1. The molecule has 3 rings (SSSR count). The molecule has 2 aromatic rings. The molecule has 1 saturated carbocycles. The van der Waals surface area contributed by atoms with Gasteiger partial charge >= 0.3 is 0 Å². The predicted molar refractivity (Wildman–Crippen MR) is 64.8 cm³/mol. The topological polar surface area (TPSA) is 99.9 Å². The number of nitrogens with two attached hydrogens (primary N) is 1. The van der Waals surface area contributed by atoms with Crippen LogP contribution in [-0.2, 0) is 0 Å². The van der Waals surface area contributed by atoms with Crippen LogP contribution in [0.3, 0.4) is 0 Å². The van der Waals surface area contributed by atoms with Crippen molar-refractivity contribution in [2.75, 3.05) is 5.73 Å². The van der Waals surface area contributed by atoms with Gasteiger partial charge in [-0.25, -0.2) is 0 Å². The first-order chi connectivity index (χ1) is 8.66. The second-order valence-corrected chi connectivity index (χ2v) is 4.32. The monoisotopic (exact) mass is 245 g/mol. The van der Waals surface area contributed by atoms with Crippen LogP contribution in [0.15, 0.2) is 24.5 Å². The summed E-state index contributed by atoms with van der Waals surface area (Å²) in [5, 5.41) is 18.8. The Bertz CT molecular complexity index is 618. The minimum atomic E-state index is -0.489. The number of aromatic nitrogens is 3. The van der Waals surface area contributed by atoms with Gasteiger partial charge in [0.15, 0.2) is 5.82 Å². The van der Waals surface area contributed by atoms with Crippen LogP contribution in [0.1, 0.15) is 18.9 Å². The van der Waals surface area contributed by atoms with E-state index in [0.29, 0.717) is 17.4 Å². The molecule has 1 aliphatic carbocycles. The average Bonchev–Trinajstić information content (AvgIpc) is 3.08. The lowest BCUT2D eigenvalue weighted by Crippen LogP contribution is -1.99. The molecule has 1 aliphatic rings. The van der Waals surface area contributed by atoms with Crippen LogP contribution in [0, 0.1) is 10.1 Å². The first-order valence-corrected chi connectivity index (χ1v) is 5.60. The van der Waals surface area contributed by atoms with Crippen molar-refractivity contribution in [3.8, 4) is 11.4 Å². The Morgan fingerprint density at radius 3 is 2.89 bits per heavy atom. The largest absolute Gasteiger partial charge is 0.393 e. The number of nitrogen functional groups attached to an aromatic ring is 1. The smallest absolute Gasteiger partial charge is 0.292 e. The summed E-state index contributed by atoms with van der Waals surface area (Å²) in [5.41, 5.74) is 6.29. The summed E-state index contributed by atoms with van der Waals surface area (Å²) < 4.78 is 1.95. The zero-order valence-corrected chi connectivity index (χ0v) is 9.48. The number of hydrogen-bond acceptors (Lipinski definition) is 5. The maximum absolute atomic E-state index is 10.9. The van der Waals surface area contributed by atoms with E-state index in [2.05, 4.69) is 10.2 Å². The third-order valence-corrected chi connectivity index (χ3v) is 3.00. The standard InChI is InChI=1S/C11H11N5O2/c12-9-4-1-7(5-10(9)16(17)18)11-14-13-6-15(11)8-2-3-8/h1,4-6,8H,2-3,12H2. The van der Waals surface area contributed by atoms with Crippen LogP contribution in [0.4, 0.5) is 11.4 Å². The van der Waals surface area contributed by atoms with Crippen molar-refractivity contribution < 1.29 is 4.92 Å². The maximum Gasteiger partial charge on any atom is 0.292 e. The predicted octanol–water partition coefficient (Wildman–Crippen LogP) is 1.77. The molecular weight excluding hydrogens is 234 g/mol. The molecule has 0 spiro atoms. The second-order valence-electron chi connectivity index (χ2n) is 4.32. The highest BCUT2D eigenvalue weighted by molar-refractivity contribution is 5.68. The van der Waals surface area contributed by atoms with Gasteiger partial charge in [-0.15, -0.1) is 10.2 Å². The van der Waals surface area contributed by atoms with Crippen molar-refractivity contribution in [2.24, 2.45) is 0 Å². The Balaban J connectivity index is 2.08. The molecule has 0 bridgehead atoms. The molecule has 7 heteroatoms.